The van der Waals surface area contributed by atoms with Gasteiger partial charge in [-0.15, -0.1) is 10.2 Å². The highest BCUT2D eigenvalue weighted by Crippen LogP contribution is 2.36. The van der Waals surface area contributed by atoms with Crippen molar-refractivity contribution >= 4 is 28.5 Å². The van der Waals surface area contributed by atoms with Crippen LogP contribution < -0.4 is 10.6 Å². The third kappa shape index (κ3) is 3.44. The number of aromatic nitrogens is 2. The van der Waals surface area contributed by atoms with E-state index in [9.17, 15) is 14.7 Å². The van der Waals surface area contributed by atoms with E-state index < -0.39 is 17.4 Å². The summed E-state index contributed by atoms with van der Waals surface area (Å²) in [4.78, 5) is 23.2. The molecule has 110 valence electrons. The number of urea groups is 1. The maximum atomic E-state index is 11.8. The van der Waals surface area contributed by atoms with Gasteiger partial charge in [0.1, 0.15) is 5.01 Å². The molecule has 0 saturated heterocycles. The van der Waals surface area contributed by atoms with Gasteiger partial charge in [0, 0.05) is 6.54 Å². The lowest BCUT2D eigenvalue weighted by atomic mass is 9.74. The van der Waals surface area contributed by atoms with Crippen LogP contribution in [0.5, 0.6) is 0 Å². The molecule has 7 nitrogen and oxygen atoms in total. The van der Waals surface area contributed by atoms with Crippen molar-refractivity contribution in [2.45, 2.75) is 39.0 Å². The first-order valence-corrected chi connectivity index (χ1v) is 7.42. The lowest BCUT2D eigenvalue weighted by Gasteiger charge is -2.33. The molecule has 0 radical (unpaired) electrons. The smallest absolute Gasteiger partial charge is 0.321 e. The highest BCUT2D eigenvalue weighted by molar-refractivity contribution is 7.15. The van der Waals surface area contributed by atoms with Crippen LogP contribution in [0.3, 0.4) is 0 Å². The van der Waals surface area contributed by atoms with Crippen LogP contribution in [-0.2, 0) is 4.79 Å². The maximum absolute atomic E-state index is 11.8. The summed E-state index contributed by atoms with van der Waals surface area (Å²) in [5.41, 5.74) is -0.827. The number of hydrogen-bond donors (Lipinski definition) is 3. The van der Waals surface area contributed by atoms with Crippen molar-refractivity contribution in [2.75, 3.05) is 11.9 Å². The molecule has 0 atom stereocenters. The number of nitrogens with one attached hydrogen (secondary N) is 2. The van der Waals surface area contributed by atoms with Crippen LogP contribution in [0, 0.1) is 12.3 Å². The van der Waals surface area contributed by atoms with E-state index in [0.717, 1.165) is 24.3 Å². The van der Waals surface area contributed by atoms with Gasteiger partial charge in [0.2, 0.25) is 5.13 Å². The minimum atomic E-state index is -0.829. The molecule has 1 aliphatic carbocycles. The number of amides is 2. The number of rotatable bonds is 4. The van der Waals surface area contributed by atoms with E-state index in [4.69, 9.17) is 0 Å². The van der Waals surface area contributed by atoms with Gasteiger partial charge in [-0.2, -0.15) is 0 Å². The second-order valence-corrected chi connectivity index (χ2v) is 6.26. The average molecular weight is 298 g/mol. The van der Waals surface area contributed by atoms with Gasteiger partial charge in [-0.05, 0) is 19.8 Å². The summed E-state index contributed by atoms with van der Waals surface area (Å²) in [6.45, 7) is 1.94. The Morgan fingerprint density at radius 2 is 2.00 bits per heavy atom. The molecule has 1 saturated carbocycles. The van der Waals surface area contributed by atoms with Crippen LogP contribution >= 0.6 is 11.3 Å². The van der Waals surface area contributed by atoms with E-state index in [1.165, 1.54) is 11.3 Å². The van der Waals surface area contributed by atoms with E-state index in [0.29, 0.717) is 18.0 Å². The minimum absolute atomic E-state index is 0.145. The summed E-state index contributed by atoms with van der Waals surface area (Å²) in [5.74, 6) is -0.829. The first-order chi connectivity index (χ1) is 9.52. The molecule has 3 N–H and O–H groups in total. The van der Waals surface area contributed by atoms with E-state index in [2.05, 4.69) is 20.8 Å². The van der Waals surface area contributed by atoms with Crippen molar-refractivity contribution in [1.82, 2.24) is 15.5 Å². The molecular weight excluding hydrogens is 280 g/mol. The molecule has 20 heavy (non-hydrogen) atoms. The number of anilines is 1. The molecule has 0 spiro atoms. The molecule has 0 bridgehead atoms. The zero-order chi connectivity index (χ0) is 14.6. The fourth-order valence-corrected chi connectivity index (χ4v) is 3.02. The lowest BCUT2D eigenvalue weighted by Crippen LogP contribution is -2.45. The standard InChI is InChI=1S/C12H18N4O3S/c1-8-15-16-11(20-8)14-10(19)13-7-12(9(17)18)5-3-2-4-6-12/h2-7H2,1H3,(H,17,18)(H2,13,14,16,19). The Morgan fingerprint density at radius 1 is 1.30 bits per heavy atom. The summed E-state index contributed by atoms with van der Waals surface area (Å²) >= 11 is 1.27. The van der Waals surface area contributed by atoms with Crippen LogP contribution in [-0.4, -0.2) is 33.8 Å². The third-order valence-electron chi connectivity index (χ3n) is 3.60. The number of carboxylic acids is 1. The maximum Gasteiger partial charge on any atom is 0.321 e. The number of carboxylic acid groups (broad SMARTS) is 1. The molecular formula is C12H18N4O3S. The Balaban J connectivity index is 1.89. The molecule has 1 aliphatic rings. The van der Waals surface area contributed by atoms with Crippen molar-refractivity contribution in [1.29, 1.82) is 0 Å². The number of aliphatic carboxylic acids is 1. The van der Waals surface area contributed by atoms with Gasteiger partial charge in [0.25, 0.3) is 0 Å². The van der Waals surface area contributed by atoms with Gasteiger partial charge in [-0.3, -0.25) is 10.1 Å². The number of carbonyl (C=O) groups excluding carboxylic acids is 1. The topological polar surface area (TPSA) is 104 Å². The first kappa shape index (κ1) is 14.7. The largest absolute Gasteiger partial charge is 0.481 e. The summed E-state index contributed by atoms with van der Waals surface area (Å²) in [6.07, 6.45) is 4.07. The Morgan fingerprint density at radius 3 is 2.55 bits per heavy atom. The van der Waals surface area contributed by atoms with Gasteiger partial charge in [0.15, 0.2) is 0 Å². The number of aryl methyl sites for hydroxylation is 1. The third-order valence-corrected chi connectivity index (χ3v) is 4.35. The van der Waals surface area contributed by atoms with E-state index in [1.807, 2.05) is 0 Å². The predicted octanol–water partition coefficient (Wildman–Crippen LogP) is 2.00. The van der Waals surface area contributed by atoms with Gasteiger partial charge in [-0.25, -0.2) is 4.79 Å². The van der Waals surface area contributed by atoms with Gasteiger partial charge < -0.3 is 10.4 Å². The summed E-state index contributed by atoms with van der Waals surface area (Å²) < 4.78 is 0. The van der Waals surface area contributed by atoms with Gasteiger partial charge in [0.05, 0.1) is 5.41 Å². The van der Waals surface area contributed by atoms with Crippen molar-refractivity contribution in [3.63, 3.8) is 0 Å². The average Bonchev–Trinajstić information content (AvgIpc) is 2.83. The van der Waals surface area contributed by atoms with Crippen molar-refractivity contribution in [3.8, 4) is 0 Å². The Hall–Kier alpha value is -1.70. The van der Waals surface area contributed by atoms with Crippen LogP contribution in [0.4, 0.5) is 9.93 Å². The quantitative estimate of drug-likeness (QED) is 0.788. The highest BCUT2D eigenvalue weighted by Gasteiger charge is 2.39. The number of hydrogen-bond acceptors (Lipinski definition) is 5. The zero-order valence-corrected chi connectivity index (χ0v) is 12.1. The summed E-state index contributed by atoms with van der Waals surface area (Å²) in [7, 11) is 0. The van der Waals surface area contributed by atoms with Crippen LogP contribution in [0.2, 0.25) is 0 Å². The predicted molar refractivity (Wildman–Crippen MR) is 74.8 cm³/mol. The van der Waals surface area contributed by atoms with Crippen molar-refractivity contribution in [3.05, 3.63) is 5.01 Å². The van der Waals surface area contributed by atoms with E-state index >= 15 is 0 Å². The SMILES string of the molecule is Cc1nnc(NC(=O)NCC2(C(=O)O)CCCCC2)s1. The molecule has 2 amide bonds. The molecule has 1 aromatic heterocycles. The minimum Gasteiger partial charge on any atom is -0.481 e. The molecule has 1 fully saturated rings. The van der Waals surface area contributed by atoms with E-state index in [-0.39, 0.29) is 6.54 Å². The highest BCUT2D eigenvalue weighted by atomic mass is 32.1. The van der Waals surface area contributed by atoms with E-state index in [1.54, 1.807) is 6.92 Å². The van der Waals surface area contributed by atoms with Gasteiger partial charge in [-0.1, -0.05) is 30.6 Å². The second kappa shape index (κ2) is 6.17. The molecule has 0 unspecified atom stereocenters. The second-order valence-electron chi connectivity index (χ2n) is 5.08. The Bertz CT molecular complexity index is 497. The molecule has 2 rings (SSSR count). The van der Waals surface area contributed by atoms with Crippen molar-refractivity contribution in [2.24, 2.45) is 5.41 Å². The number of nitrogens with zero attached hydrogens (tertiary/aromatic N) is 2. The zero-order valence-electron chi connectivity index (χ0n) is 11.3. The van der Waals surface area contributed by atoms with Crippen LogP contribution in [0.25, 0.3) is 0 Å². The first-order valence-electron chi connectivity index (χ1n) is 6.60. The molecule has 1 aromatic rings. The summed E-state index contributed by atoms with van der Waals surface area (Å²) in [6, 6.07) is -0.438. The van der Waals surface area contributed by atoms with Gasteiger partial charge >= 0.3 is 12.0 Å². The molecule has 1 heterocycles. The van der Waals surface area contributed by atoms with Crippen LogP contribution in [0.1, 0.15) is 37.1 Å². The molecule has 0 aromatic carbocycles. The number of carbonyl (C=O) groups is 2. The Kier molecular flexibility index (Phi) is 4.53. The Labute approximate surface area is 120 Å². The monoisotopic (exact) mass is 298 g/mol. The fourth-order valence-electron chi connectivity index (χ4n) is 2.43. The normalized spacial score (nSPS) is 17.4. The van der Waals surface area contributed by atoms with Crippen LogP contribution in [0.15, 0.2) is 0 Å². The molecule has 0 aliphatic heterocycles. The summed E-state index contributed by atoms with van der Waals surface area (Å²) in [5, 5.41) is 23.3. The fraction of sp³-hybridized carbons (Fsp3) is 0.667. The lowest BCUT2D eigenvalue weighted by molar-refractivity contribution is -0.150. The van der Waals surface area contributed by atoms with Crippen molar-refractivity contribution < 1.29 is 14.7 Å². The molecule has 8 heteroatoms.